The minimum absolute atomic E-state index is 0.0530. The zero-order valence-electron chi connectivity index (χ0n) is 12.6. The third-order valence-electron chi connectivity index (χ3n) is 3.80. The number of anilines is 1. The summed E-state index contributed by atoms with van der Waals surface area (Å²) in [5, 5.41) is 2.96. The third-order valence-corrected chi connectivity index (χ3v) is 3.80. The molecule has 0 bridgehead atoms. The van der Waals surface area contributed by atoms with Crippen molar-refractivity contribution in [3.63, 3.8) is 0 Å². The van der Waals surface area contributed by atoms with Crippen LogP contribution in [-0.2, 0) is 9.53 Å². The summed E-state index contributed by atoms with van der Waals surface area (Å²) >= 11 is 0. The average molecular weight is 276 g/mol. The minimum atomic E-state index is 0.0530. The molecule has 1 aliphatic heterocycles. The van der Waals surface area contributed by atoms with Crippen molar-refractivity contribution in [3.8, 4) is 0 Å². The van der Waals surface area contributed by atoms with E-state index in [-0.39, 0.29) is 11.3 Å². The number of carbonyl (C=O) groups is 1. The van der Waals surface area contributed by atoms with Crippen LogP contribution in [0.2, 0.25) is 0 Å². The van der Waals surface area contributed by atoms with Crippen LogP contribution >= 0.6 is 0 Å². The molecule has 1 fully saturated rings. The Morgan fingerprint density at radius 1 is 1.50 bits per heavy atom. The highest BCUT2D eigenvalue weighted by molar-refractivity contribution is 5.92. The lowest BCUT2D eigenvalue weighted by Gasteiger charge is -2.23. The largest absolute Gasteiger partial charge is 0.384 e. The molecule has 4 heteroatoms. The predicted octanol–water partition coefficient (Wildman–Crippen LogP) is 2.29. The number of hydrogen-bond donors (Lipinski definition) is 1. The van der Waals surface area contributed by atoms with E-state index in [9.17, 15) is 4.79 Å². The minimum Gasteiger partial charge on any atom is -0.384 e. The maximum atomic E-state index is 12.1. The lowest BCUT2D eigenvalue weighted by atomic mass is 9.91. The van der Waals surface area contributed by atoms with Gasteiger partial charge in [-0.15, -0.1) is 0 Å². The molecule has 1 aromatic rings. The number of rotatable bonds is 5. The van der Waals surface area contributed by atoms with Gasteiger partial charge in [0.15, 0.2) is 0 Å². The molecule has 0 saturated carbocycles. The monoisotopic (exact) mass is 276 g/mol. The van der Waals surface area contributed by atoms with Gasteiger partial charge in [0.2, 0.25) is 5.91 Å². The van der Waals surface area contributed by atoms with Gasteiger partial charge < -0.3 is 10.1 Å². The highest BCUT2D eigenvalue weighted by Gasteiger charge is 2.34. The summed E-state index contributed by atoms with van der Waals surface area (Å²) in [7, 11) is 1.73. The normalized spacial score (nSPS) is 22.9. The Labute approximate surface area is 121 Å². The number of likely N-dealkylation sites (tertiary alicyclic amines) is 1. The number of ether oxygens (including phenoxy) is 1. The van der Waals surface area contributed by atoms with Crippen LogP contribution in [0.5, 0.6) is 0 Å². The zero-order valence-corrected chi connectivity index (χ0v) is 12.6. The maximum absolute atomic E-state index is 12.1. The lowest BCUT2D eigenvalue weighted by molar-refractivity contribution is -0.117. The Kier molecular flexibility index (Phi) is 4.78. The van der Waals surface area contributed by atoms with Crippen LogP contribution in [0.25, 0.3) is 0 Å². The van der Waals surface area contributed by atoms with Gasteiger partial charge in [-0.2, -0.15) is 0 Å². The number of amides is 1. The topological polar surface area (TPSA) is 41.6 Å². The molecule has 0 spiro atoms. The molecule has 0 aromatic heterocycles. The Balaban J connectivity index is 1.84. The van der Waals surface area contributed by atoms with E-state index in [1.807, 2.05) is 31.2 Å². The molecule has 0 radical (unpaired) electrons. The summed E-state index contributed by atoms with van der Waals surface area (Å²) in [5.74, 6) is 0.0530. The fourth-order valence-electron chi connectivity index (χ4n) is 2.85. The molecule has 1 atom stereocenters. The third kappa shape index (κ3) is 4.05. The molecular weight excluding hydrogens is 252 g/mol. The van der Waals surface area contributed by atoms with Crippen molar-refractivity contribution in [1.82, 2.24) is 4.90 Å². The van der Waals surface area contributed by atoms with Crippen LogP contribution < -0.4 is 5.32 Å². The standard InChI is InChI=1S/C16H24N2O2/c1-13-5-4-6-14(9-13)17-15(19)10-18-8-7-16(2,11-18)12-20-3/h4-6,9H,7-8,10-12H2,1-3H3,(H,17,19). The van der Waals surface area contributed by atoms with Gasteiger partial charge in [0, 0.05) is 24.8 Å². The Bertz CT molecular complexity index is 475. The highest BCUT2D eigenvalue weighted by atomic mass is 16.5. The second-order valence-corrected chi connectivity index (χ2v) is 6.12. The van der Waals surface area contributed by atoms with Crippen molar-refractivity contribution in [2.24, 2.45) is 5.41 Å². The summed E-state index contributed by atoms with van der Waals surface area (Å²) < 4.78 is 5.26. The summed E-state index contributed by atoms with van der Waals surface area (Å²) in [6, 6.07) is 7.88. The van der Waals surface area contributed by atoms with E-state index in [0.29, 0.717) is 6.54 Å². The lowest BCUT2D eigenvalue weighted by Crippen LogP contribution is -2.34. The molecular formula is C16H24N2O2. The van der Waals surface area contributed by atoms with E-state index < -0.39 is 0 Å². The second kappa shape index (κ2) is 6.37. The molecule has 2 rings (SSSR count). The van der Waals surface area contributed by atoms with Crippen LogP contribution in [0.3, 0.4) is 0 Å². The van der Waals surface area contributed by atoms with Crippen LogP contribution in [0.15, 0.2) is 24.3 Å². The number of aryl methyl sites for hydroxylation is 1. The van der Waals surface area contributed by atoms with E-state index in [0.717, 1.165) is 37.4 Å². The Morgan fingerprint density at radius 2 is 2.30 bits per heavy atom. The summed E-state index contributed by atoms with van der Waals surface area (Å²) in [6.07, 6.45) is 1.08. The molecule has 20 heavy (non-hydrogen) atoms. The highest BCUT2D eigenvalue weighted by Crippen LogP contribution is 2.29. The first-order valence-electron chi connectivity index (χ1n) is 7.09. The van der Waals surface area contributed by atoms with Crippen molar-refractivity contribution in [3.05, 3.63) is 29.8 Å². The number of hydrogen-bond acceptors (Lipinski definition) is 3. The van der Waals surface area contributed by atoms with Gasteiger partial charge >= 0.3 is 0 Å². The molecule has 1 aliphatic rings. The van der Waals surface area contributed by atoms with Gasteiger partial charge in [0.05, 0.1) is 13.2 Å². The SMILES string of the molecule is COCC1(C)CCN(CC(=O)Nc2cccc(C)c2)C1. The van der Waals surface area contributed by atoms with Crippen molar-refractivity contribution in [2.45, 2.75) is 20.3 Å². The number of carbonyl (C=O) groups excluding carboxylic acids is 1. The molecule has 110 valence electrons. The summed E-state index contributed by atoms with van der Waals surface area (Å²) in [4.78, 5) is 14.3. The van der Waals surface area contributed by atoms with Gasteiger partial charge in [-0.05, 0) is 37.6 Å². The molecule has 1 unspecified atom stereocenters. The van der Waals surface area contributed by atoms with Crippen molar-refractivity contribution in [2.75, 3.05) is 38.7 Å². The van der Waals surface area contributed by atoms with Crippen LogP contribution in [0.4, 0.5) is 5.69 Å². The second-order valence-electron chi connectivity index (χ2n) is 6.12. The number of nitrogens with zero attached hydrogens (tertiary/aromatic N) is 1. The van der Waals surface area contributed by atoms with Gasteiger partial charge in [-0.25, -0.2) is 0 Å². The quantitative estimate of drug-likeness (QED) is 0.897. The van der Waals surface area contributed by atoms with Gasteiger partial charge in [0.1, 0.15) is 0 Å². The van der Waals surface area contributed by atoms with E-state index in [2.05, 4.69) is 17.1 Å². The fraction of sp³-hybridized carbons (Fsp3) is 0.562. The Hall–Kier alpha value is -1.39. The van der Waals surface area contributed by atoms with Crippen molar-refractivity contribution in [1.29, 1.82) is 0 Å². The predicted molar refractivity (Wildman–Crippen MR) is 80.8 cm³/mol. The molecule has 1 heterocycles. The zero-order chi connectivity index (χ0) is 14.6. The number of methoxy groups -OCH3 is 1. The molecule has 1 saturated heterocycles. The van der Waals surface area contributed by atoms with Crippen LogP contribution in [-0.4, -0.2) is 44.2 Å². The smallest absolute Gasteiger partial charge is 0.238 e. The summed E-state index contributed by atoms with van der Waals surface area (Å²) in [5.41, 5.74) is 2.20. The Morgan fingerprint density at radius 3 is 3.00 bits per heavy atom. The number of nitrogens with one attached hydrogen (secondary N) is 1. The first-order valence-corrected chi connectivity index (χ1v) is 7.09. The number of benzene rings is 1. The summed E-state index contributed by atoms with van der Waals surface area (Å²) in [6.45, 7) is 7.32. The molecule has 0 aliphatic carbocycles. The fourth-order valence-corrected chi connectivity index (χ4v) is 2.85. The van der Waals surface area contributed by atoms with Crippen molar-refractivity contribution >= 4 is 11.6 Å². The van der Waals surface area contributed by atoms with Crippen molar-refractivity contribution < 1.29 is 9.53 Å². The molecule has 1 amide bonds. The van der Waals surface area contributed by atoms with Gasteiger partial charge in [-0.3, -0.25) is 9.69 Å². The van der Waals surface area contributed by atoms with Gasteiger partial charge in [-0.1, -0.05) is 19.1 Å². The van der Waals surface area contributed by atoms with E-state index in [4.69, 9.17) is 4.74 Å². The van der Waals surface area contributed by atoms with Gasteiger partial charge in [0.25, 0.3) is 0 Å². The van der Waals surface area contributed by atoms with Crippen LogP contribution in [0, 0.1) is 12.3 Å². The van der Waals surface area contributed by atoms with Crippen LogP contribution in [0.1, 0.15) is 18.9 Å². The van der Waals surface area contributed by atoms with E-state index in [1.54, 1.807) is 7.11 Å². The molecule has 1 N–H and O–H groups in total. The van der Waals surface area contributed by atoms with E-state index in [1.165, 1.54) is 0 Å². The maximum Gasteiger partial charge on any atom is 0.238 e. The average Bonchev–Trinajstić information content (AvgIpc) is 2.70. The first kappa shape index (κ1) is 15.0. The van der Waals surface area contributed by atoms with E-state index >= 15 is 0 Å². The molecule has 1 aromatic carbocycles. The molecule has 4 nitrogen and oxygen atoms in total. The first-order chi connectivity index (χ1) is 9.50.